The van der Waals surface area contributed by atoms with Crippen LogP contribution in [0.25, 0.3) is 11.4 Å². The number of hydrogen-bond donors (Lipinski definition) is 2. The van der Waals surface area contributed by atoms with Gasteiger partial charge in [-0.3, -0.25) is 14.6 Å². The van der Waals surface area contributed by atoms with Crippen molar-refractivity contribution in [2.24, 2.45) is 0 Å². The molecule has 2 N–H and O–H groups in total. The number of carbonyl (C=O) groups is 1. The van der Waals surface area contributed by atoms with Crippen LogP contribution in [0.5, 0.6) is 0 Å². The number of anilines is 1. The fourth-order valence-corrected chi connectivity index (χ4v) is 3.55. The maximum atomic E-state index is 13.0. The lowest BCUT2D eigenvalue weighted by atomic mass is 10.0. The molecule has 4 aromatic rings. The molecular weight excluding hydrogens is 414 g/mol. The molecule has 1 amide bonds. The van der Waals surface area contributed by atoms with E-state index >= 15 is 0 Å². The van der Waals surface area contributed by atoms with E-state index in [1.54, 1.807) is 30.6 Å². The number of pyridine rings is 1. The van der Waals surface area contributed by atoms with Gasteiger partial charge >= 0.3 is 0 Å². The van der Waals surface area contributed by atoms with Crippen molar-refractivity contribution in [2.45, 2.75) is 12.5 Å². The van der Waals surface area contributed by atoms with Crippen molar-refractivity contribution in [3.8, 4) is 11.4 Å². The van der Waals surface area contributed by atoms with E-state index in [4.69, 9.17) is 0 Å². The fourth-order valence-electron chi connectivity index (χ4n) is 3.55. The van der Waals surface area contributed by atoms with Crippen molar-refractivity contribution < 1.29 is 4.79 Å². The molecule has 0 radical (unpaired) electrons. The Morgan fingerprint density at radius 1 is 1.03 bits per heavy atom. The van der Waals surface area contributed by atoms with Crippen LogP contribution in [0.2, 0.25) is 0 Å². The van der Waals surface area contributed by atoms with Crippen molar-refractivity contribution in [2.75, 3.05) is 19.0 Å². The Morgan fingerprint density at radius 2 is 1.79 bits per heavy atom. The molecule has 2 aromatic carbocycles. The Bertz CT molecular complexity index is 1270. The third-order valence-electron chi connectivity index (χ3n) is 5.30. The lowest BCUT2D eigenvalue weighted by Crippen LogP contribution is -2.30. The van der Waals surface area contributed by atoms with E-state index in [0.29, 0.717) is 23.5 Å². The molecule has 0 saturated heterocycles. The molecule has 33 heavy (non-hydrogen) atoms. The number of hydrogen-bond acceptors (Lipinski definition) is 5. The summed E-state index contributed by atoms with van der Waals surface area (Å²) in [4.78, 5) is 38.8. The van der Waals surface area contributed by atoms with Crippen LogP contribution < -0.4 is 15.8 Å². The van der Waals surface area contributed by atoms with Crippen molar-refractivity contribution in [3.05, 3.63) is 112 Å². The average Bonchev–Trinajstić information content (AvgIpc) is 2.84. The second-order valence-corrected chi connectivity index (χ2v) is 7.91. The van der Waals surface area contributed by atoms with Crippen LogP contribution in [0.1, 0.15) is 27.7 Å². The predicted octanol–water partition coefficient (Wildman–Crippen LogP) is 3.61. The molecular formula is C26H25N5O2. The number of amides is 1. The number of rotatable bonds is 7. The van der Waals surface area contributed by atoms with Crippen molar-refractivity contribution in [3.63, 3.8) is 0 Å². The van der Waals surface area contributed by atoms with Crippen LogP contribution in [-0.2, 0) is 6.42 Å². The molecule has 2 aromatic heterocycles. The quantitative estimate of drug-likeness (QED) is 0.459. The van der Waals surface area contributed by atoms with Crippen LogP contribution in [0.3, 0.4) is 0 Å². The van der Waals surface area contributed by atoms with Gasteiger partial charge in [0.25, 0.3) is 11.5 Å². The van der Waals surface area contributed by atoms with E-state index in [0.717, 1.165) is 16.8 Å². The minimum atomic E-state index is -0.358. The van der Waals surface area contributed by atoms with E-state index < -0.39 is 0 Å². The number of carbonyl (C=O) groups excluding carboxylic acids is 1. The SMILES string of the molecule is CN(C)c1ccc(C(=O)NC(Cc2cc(=O)[nH]c(-c3cccnc3)n2)c2ccccc2)cc1. The molecule has 1 atom stereocenters. The number of aromatic amines is 1. The Labute approximate surface area is 192 Å². The highest BCUT2D eigenvalue weighted by Gasteiger charge is 2.18. The summed E-state index contributed by atoms with van der Waals surface area (Å²) < 4.78 is 0. The van der Waals surface area contributed by atoms with Gasteiger partial charge in [-0.25, -0.2) is 4.98 Å². The maximum Gasteiger partial charge on any atom is 0.251 e. The highest BCUT2D eigenvalue weighted by molar-refractivity contribution is 5.94. The van der Waals surface area contributed by atoms with E-state index in [1.165, 1.54) is 6.07 Å². The summed E-state index contributed by atoms with van der Waals surface area (Å²) in [6, 6.07) is 21.8. The number of nitrogens with one attached hydrogen (secondary N) is 2. The Hall–Kier alpha value is -4.26. The summed E-state index contributed by atoms with van der Waals surface area (Å²) in [6.45, 7) is 0. The summed E-state index contributed by atoms with van der Waals surface area (Å²) in [5, 5.41) is 3.11. The summed E-state index contributed by atoms with van der Waals surface area (Å²) in [6.07, 6.45) is 3.68. The third kappa shape index (κ3) is 5.51. The van der Waals surface area contributed by atoms with Gasteiger partial charge in [-0.05, 0) is 42.0 Å². The first-order valence-corrected chi connectivity index (χ1v) is 10.6. The predicted molar refractivity (Wildman–Crippen MR) is 129 cm³/mol. The van der Waals surface area contributed by atoms with Crippen LogP contribution in [0.15, 0.2) is 90.0 Å². The van der Waals surface area contributed by atoms with Gasteiger partial charge < -0.3 is 15.2 Å². The average molecular weight is 440 g/mol. The van der Waals surface area contributed by atoms with Gasteiger partial charge in [0.2, 0.25) is 0 Å². The first-order valence-electron chi connectivity index (χ1n) is 10.6. The summed E-state index contributed by atoms with van der Waals surface area (Å²) in [5.74, 6) is 0.259. The first-order chi connectivity index (χ1) is 16.0. The molecule has 1 unspecified atom stereocenters. The normalized spacial score (nSPS) is 11.6. The lowest BCUT2D eigenvalue weighted by Gasteiger charge is -2.20. The zero-order valence-corrected chi connectivity index (χ0v) is 18.5. The van der Waals surface area contributed by atoms with Gasteiger partial charge in [0.05, 0.1) is 11.7 Å². The maximum absolute atomic E-state index is 13.0. The number of aromatic nitrogens is 3. The van der Waals surface area contributed by atoms with E-state index in [-0.39, 0.29) is 17.5 Å². The largest absolute Gasteiger partial charge is 0.378 e. The van der Waals surface area contributed by atoms with Crippen molar-refractivity contribution in [1.29, 1.82) is 0 Å². The lowest BCUT2D eigenvalue weighted by molar-refractivity contribution is 0.0936. The van der Waals surface area contributed by atoms with Crippen LogP contribution in [0, 0.1) is 0 Å². The molecule has 2 heterocycles. The highest BCUT2D eigenvalue weighted by atomic mass is 16.1. The van der Waals surface area contributed by atoms with Gasteiger partial charge in [-0.2, -0.15) is 0 Å². The molecule has 0 fully saturated rings. The molecule has 0 saturated carbocycles. The molecule has 166 valence electrons. The number of nitrogens with zero attached hydrogens (tertiary/aromatic N) is 3. The molecule has 7 nitrogen and oxygen atoms in total. The van der Waals surface area contributed by atoms with Crippen LogP contribution in [-0.4, -0.2) is 35.0 Å². The van der Waals surface area contributed by atoms with E-state index in [9.17, 15) is 9.59 Å². The summed E-state index contributed by atoms with van der Waals surface area (Å²) >= 11 is 0. The zero-order chi connectivity index (χ0) is 23.2. The van der Waals surface area contributed by atoms with Gasteiger partial charge in [0.1, 0.15) is 5.82 Å². The highest BCUT2D eigenvalue weighted by Crippen LogP contribution is 2.20. The van der Waals surface area contributed by atoms with Gasteiger partial charge in [-0.1, -0.05) is 30.3 Å². The third-order valence-corrected chi connectivity index (χ3v) is 5.30. The van der Waals surface area contributed by atoms with Gasteiger partial charge in [0.15, 0.2) is 0 Å². The molecule has 0 aliphatic rings. The molecule has 0 aliphatic carbocycles. The second-order valence-electron chi connectivity index (χ2n) is 7.91. The summed E-state index contributed by atoms with van der Waals surface area (Å²) in [5.41, 5.74) is 3.56. The fraction of sp³-hybridized carbons (Fsp3) is 0.154. The number of benzene rings is 2. The molecule has 0 spiro atoms. The number of H-pyrrole nitrogens is 1. The van der Waals surface area contributed by atoms with Gasteiger partial charge in [0, 0.05) is 55.8 Å². The minimum Gasteiger partial charge on any atom is -0.378 e. The Balaban J connectivity index is 1.61. The monoisotopic (exact) mass is 439 g/mol. The molecule has 7 heteroatoms. The second kappa shape index (κ2) is 9.91. The van der Waals surface area contributed by atoms with Gasteiger partial charge in [-0.15, -0.1) is 0 Å². The molecule has 0 aliphatic heterocycles. The van der Waals surface area contributed by atoms with Crippen molar-refractivity contribution >= 4 is 11.6 Å². The smallest absolute Gasteiger partial charge is 0.251 e. The van der Waals surface area contributed by atoms with E-state index in [2.05, 4.69) is 20.3 Å². The Morgan fingerprint density at radius 3 is 2.45 bits per heavy atom. The van der Waals surface area contributed by atoms with Crippen LogP contribution in [0.4, 0.5) is 5.69 Å². The Kier molecular flexibility index (Phi) is 6.59. The zero-order valence-electron chi connectivity index (χ0n) is 18.5. The summed E-state index contributed by atoms with van der Waals surface area (Å²) in [7, 11) is 3.91. The van der Waals surface area contributed by atoms with E-state index in [1.807, 2.05) is 67.5 Å². The minimum absolute atomic E-state index is 0.188. The standard InChI is InChI=1S/C26H25N5O2/c1-31(2)22-12-10-19(11-13-22)26(33)29-23(18-7-4-3-5-8-18)15-21-16-24(32)30-25(28-21)20-9-6-14-27-17-20/h3-14,16-17,23H,15H2,1-2H3,(H,29,33)(H,28,30,32). The molecule has 4 rings (SSSR count). The van der Waals surface area contributed by atoms with Crippen molar-refractivity contribution in [1.82, 2.24) is 20.3 Å². The topological polar surface area (TPSA) is 91.0 Å². The van der Waals surface area contributed by atoms with Crippen LogP contribution >= 0.6 is 0 Å². The molecule has 0 bridgehead atoms. The first kappa shape index (κ1) is 22.0.